The van der Waals surface area contributed by atoms with Crippen LogP contribution < -0.4 is 4.90 Å². The van der Waals surface area contributed by atoms with Gasteiger partial charge in [-0.2, -0.15) is 5.26 Å². The Labute approximate surface area is 197 Å². The molecule has 0 aliphatic carbocycles. The van der Waals surface area contributed by atoms with E-state index in [1.807, 2.05) is 11.0 Å². The first kappa shape index (κ1) is 23.7. The third-order valence-corrected chi connectivity index (χ3v) is 6.49. The molecule has 2 aromatic carbocycles. The van der Waals surface area contributed by atoms with Crippen LogP contribution in [0.3, 0.4) is 0 Å². The number of halogens is 4. The molecule has 0 N–H and O–H groups in total. The van der Waals surface area contributed by atoms with E-state index in [0.29, 0.717) is 47.2 Å². The van der Waals surface area contributed by atoms with Crippen LogP contribution in [0.2, 0.25) is 15.1 Å². The van der Waals surface area contributed by atoms with Crippen molar-refractivity contribution < 1.29 is 9.18 Å². The van der Waals surface area contributed by atoms with E-state index in [2.05, 4.69) is 17.9 Å². The zero-order valence-electron chi connectivity index (χ0n) is 17.2. The van der Waals surface area contributed by atoms with Gasteiger partial charge < -0.3 is 9.80 Å². The fourth-order valence-electron chi connectivity index (χ4n) is 3.78. The Morgan fingerprint density at radius 2 is 2.00 bits per heavy atom. The van der Waals surface area contributed by atoms with Crippen LogP contribution in [0.1, 0.15) is 43.7 Å². The standard InChI is InChI=1S/C23H23Cl3FN3O/c1-2-3-4-23(31)29-8-7-18(14-29)30(17-6-5-15(12-28)19(24)10-17)13-16-9-22(27)21(26)11-20(16)25/h5-6,9-11,18H,2-4,7-8,13-14H2,1H3/t18-/m0/s1. The lowest BCUT2D eigenvalue weighted by atomic mass is 10.1. The summed E-state index contributed by atoms with van der Waals surface area (Å²) in [4.78, 5) is 16.4. The van der Waals surface area contributed by atoms with Gasteiger partial charge in [0.25, 0.3) is 0 Å². The lowest BCUT2D eigenvalue weighted by Gasteiger charge is -2.32. The summed E-state index contributed by atoms with van der Waals surface area (Å²) in [5.74, 6) is -0.389. The molecule has 0 radical (unpaired) electrons. The normalized spacial score (nSPS) is 15.7. The van der Waals surface area contributed by atoms with Gasteiger partial charge in [-0.05, 0) is 48.7 Å². The van der Waals surface area contributed by atoms with Gasteiger partial charge in [0.15, 0.2) is 0 Å². The molecule has 0 aromatic heterocycles. The fourth-order valence-corrected chi connectivity index (χ4v) is 4.44. The first-order chi connectivity index (χ1) is 14.8. The van der Waals surface area contributed by atoms with Gasteiger partial charge in [-0.3, -0.25) is 4.79 Å². The zero-order chi connectivity index (χ0) is 22.5. The minimum atomic E-state index is -0.540. The highest BCUT2D eigenvalue weighted by Crippen LogP contribution is 2.32. The van der Waals surface area contributed by atoms with Crippen molar-refractivity contribution in [3.8, 4) is 6.07 Å². The van der Waals surface area contributed by atoms with Gasteiger partial charge in [-0.15, -0.1) is 0 Å². The van der Waals surface area contributed by atoms with Gasteiger partial charge in [0.2, 0.25) is 5.91 Å². The SMILES string of the molecule is CCCCC(=O)N1CC[C@H](N(Cc2cc(F)c(Cl)cc2Cl)c2ccc(C#N)c(Cl)c2)C1. The first-order valence-corrected chi connectivity index (χ1v) is 11.3. The Kier molecular flexibility index (Phi) is 8.05. The third kappa shape index (κ3) is 5.63. The highest BCUT2D eigenvalue weighted by atomic mass is 35.5. The predicted octanol–water partition coefficient (Wildman–Crippen LogP) is 6.46. The van der Waals surface area contributed by atoms with E-state index < -0.39 is 5.82 Å². The number of rotatable bonds is 7. The molecule has 0 bridgehead atoms. The number of nitrogens with zero attached hydrogens (tertiary/aromatic N) is 3. The van der Waals surface area contributed by atoms with Crippen LogP contribution >= 0.6 is 34.8 Å². The van der Waals surface area contributed by atoms with Crippen molar-refractivity contribution in [3.63, 3.8) is 0 Å². The highest BCUT2D eigenvalue weighted by Gasteiger charge is 2.31. The third-order valence-electron chi connectivity index (χ3n) is 5.54. The van der Waals surface area contributed by atoms with Gasteiger partial charge in [0.1, 0.15) is 11.9 Å². The molecule has 0 saturated carbocycles. The molecule has 4 nitrogen and oxygen atoms in total. The van der Waals surface area contributed by atoms with Gasteiger partial charge in [-0.25, -0.2) is 4.39 Å². The summed E-state index contributed by atoms with van der Waals surface area (Å²) in [6.45, 7) is 3.60. The smallest absolute Gasteiger partial charge is 0.222 e. The lowest BCUT2D eigenvalue weighted by Crippen LogP contribution is -2.38. The molecule has 164 valence electrons. The maximum Gasteiger partial charge on any atom is 0.222 e. The number of benzene rings is 2. The van der Waals surface area contributed by atoms with Crippen LogP contribution in [-0.4, -0.2) is 29.9 Å². The number of unbranched alkanes of at least 4 members (excludes halogenated alkanes) is 1. The number of carbonyl (C=O) groups excluding carboxylic acids is 1. The van der Waals surface area contributed by atoms with E-state index in [1.54, 1.807) is 12.1 Å². The first-order valence-electron chi connectivity index (χ1n) is 10.2. The molecule has 0 spiro atoms. The molecule has 1 heterocycles. The molecule has 1 saturated heterocycles. The summed E-state index contributed by atoms with van der Waals surface area (Å²) < 4.78 is 14.1. The van der Waals surface area contributed by atoms with Gasteiger partial charge in [0.05, 0.1) is 15.6 Å². The Hall–Kier alpha value is -2.00. The minimum absolute atomic E-state index is 0.00406. The Morgan fingerprint density at radius 3 is 2.68 bits per heavy atom. The predicted molar refractivity (Wildman–Crippen MR) is 123 cm³/mol. The van der Waals surface area contributed by atoms with E-state index in [4.69, 9.17) is 34.8 Å². The average molecular weight is 483 g/mol. The van der Waals surface area contributed by atoms with Crippen LogP contribution in [0, 0.1) is 17.1 Å². The Morgan fingerprint density at radius 1 is 1.23 bits per heavy atom. The number of carbonyl (C=O) groups is 1. The van der Waals surface area contributed by atoms with E-state index in [0.717, 1.165) is 24.9 Å². The second-order valence-corrected chi connectivity index (χ2v) is 8.87. The summed E-state index contributed by atoms with van der Waals surface area (Å²) >= 11 is 18.5. The van der Waals surface area contributed by atoms with Crippen LogP contribution in [-0.2, 0) is 11.3 Å². The second kappa shape index (κ2) is 10.5. The largest absolute Gasteiger partial charge is 0.362 e. The maximum absolute atomic E-state index is 14.1. The van der Waals surface area contributed by atoms with Crippen molar-refractivity contribution in [3.05, 3.63) is 62.3 Å². The minimum Gasteiger partial charge on any atom is -0.362 e. The average Bonchev–Trinajstić information content (AvgIpc) is 3.23. The molecule has 2 aromatic rings. The number of nitriles is 1. The zero-order valence-corrected chi connectivity index (χ0v) is 19.4. The molecule has 1 aliphatic rings. The molecule has 0 unspecified atom stereocenters. The molecule has 1 fully saturated rings. The summed E-state index contributed by atoms with van der Waals surface area (Å²) in [6, 6.07) is 9.99. The quantitative estimate of drug-likeness (QED) is 0.426. The molecular formula is C23H23Cl3FN3O. The molecule has 8 heteroatoms. The topological polar surface area (TPSA) is 47.3 Å². The van der Waals surface area contributed by atoms with Crippen molar-refractivity contribution in [1.29, 1.82) is 5.26 Å². The van der Waals surface area contributed by atoms with Gasteiger partial charge >= 0.3 is 0 Å². The van der Waals surface area contributed by atoms with E-state index in [-0.39, 0.29) is 17.0 Å². The fraction of sp³-hybridized carbons (Fsp3) is 0.391. The number of hydrogen-bond donors (Lipinski definition) is 0. The number of anilines is 1. The van der Waals surface area contributed by atoms with Crippen LogP contribution in [0.25, 0.3) is 0 Å². The maximum atomic E-state index is 14.1. The van der Waals surface area contributed by atoms with Gasteiger partial charge in [-0.1, -0.05) is 48.1 Å². The monoisotopic (exact) mass is 481 g/mol. The van der Waals surface area contributed by atoms with Gasteiger partial charge in [0, 0.05) is 42.8 Å². The molecule has 3 rings (SSSR count). The second-order valence-electron chi connectivity index (χ2n) is 7.65. The molecule has 1 aliphatic heterocycles. The summed E-state index contributed by atoms with van der Waals surface area (Å²) in [5.41, 5.74) is 1.74. The van der Waals surface area contributed by atoms with Crippen LogP contribution in [0.15, 0.2) is 30.3 Å². The van der Waals surface area contributed by atoms with E-state index in [9.17, 15) is 14.4 Å². The van der Waals surface area contributed by atoms with Crippen molar-refractivity contribution in [2.75, 3.05) is 18.0 Å². The molecular weight excluding hydrogens is 460 g/mol. The summed E-state index contributed by atoms with van der Waals surface area (Å²) in [6.07, 6.45) is 3.15. The van der Waals surface area contributed by atoms with Crippen LogP contribution in [0.5, 0.6) is 0 Å². The van der Waals surface area contributed by atoms with Crippen LogP contribution in [0.4, 0.5) is 10.1 Å². The number of hydrogen-bond acceptors (Lipinski definition) is 3. The number of likely N-dealkylation sites (tertiary alicyclic amines) is 1. The molecule has 31 heavy (non-hydrogen) atoms. The Bertz CT molecular complexity index is 1010. The Balaban J connectivity index is 1.90. The lowest BCUT2D eigenvalue weighted by molar-refractivity contribution is -0.130. The van der Waals surface area contributed by atoms with Crippen molar-refractivity contribution in [1.82, 2.24) is 4.90 Å². The summed E-state index contributed by atoms with van der Waals surface area (Å²) in [5, 5.41) is 9.86. The highest BCUT2D eigenvalue weighted by molar-refractivity contribution is 6.35. The van der Waals surface area contributed by atoms with Crippen molar-refractivity contribution in [2.24, 2.45) is 0 Å². The van der Waals surface area contributed by atoms with Crippen molar-refractivity contribution >= 4 is 46.4 Å². The molecule has 1 amide bonds. The van der Waals surface area contributed by atoms with E-state index >= 15 is 0 Å². The van der Waals surface area contributed by atoms with E-state index in [1.165, 1.54) is 12.1 Å². The molecule has 1 atom stereocenters. The van der Waals surface area contributed by atoms with Crippen molar-refractivity contribution in [2.45, 2.75) is 45.2 Å². The summed E-state index contributed by atoms with van der Waals surface area (Å²) in [7, 11) is 0. The number of amides is 1.